The summed E-state index contributed by atoms with van der Waals surface area (Å²) in [4.78, 5) is 10.9. The summed E-state index contributed by atoms with van der Waals surface area (Å²) in [5, 5.41) is 5.40. The fraction of sp³-hybridized carbons (Fsp3) is 0.875. The lowest BCUT2D eigenvalue weighted by atomic mass is 10.4. The number of hydrogen-bond donors (Lipinski definition) is 2. The van der Waals surface area contributed by atoms with Gasteiger partial charge in [-0.2, -0.15) is 0 Å². The zero-order valence-electron chi connectivity index (χ0n) is 8.02. The van der Waals surface area contributed by atoms with Gasteiger partial charge in [-0.05, 0) is 13.3 Å². The highest BCUT2D eigenvalue weighted by atomic mass is 16.5. The van der Waals surface area contributed by atoms with E-state index in [1.165, 1.54) is 0 Å². The van der Waals surface area contributed by atoms with Crippen molar-refractivity contribution in [3.8, 4) is 0 Å². The minimum Gasteiger partial charge on any atom is -0.380 e. The highest BCUT2D eigenvalue weighted by Gasteiger charge is 2.01. The molecule has 4 nitrogen and oxygen atoms in total. The number of carbonyl (C=O) groups is 1. The van der Waals surface area contributed by atoms with Crippen LogP contribution in [0.4, 0.5) is 4.79 Å². The Balaban J connectivity index is 3.31. The molecule has 0 aliphatic rings. The molecule has 0 radical (unpaired) electrons. The molecular formula is C8H18N2O2. The van der Waals surface area contributed by atoms with Gasteiger partial charge < -0.3 is 15.4 Å². The van der Waals surface area contributed by atoms with Crippen molar-refractivity contribution >= 4 is 6.03 Å². The van der Waals surface area contributed by atoms with Crippen LogP contribution in [0.25, 0.3) is 0 Å². The lowest BCUT2D eigenvalue weighted by Crippen LogP contribution is -2.39. The molecule has 0 aromatic carbocycles. The minimum atomic E-state index is -0.124. The summed E-state index contributed by atoms with van der Waals surface area (Å²) in [6.45, 7) is 5.18. The van der Waals surface area contributed by atoms with Crippen LogP contribution in [0, 0.1) is 0 Å². The van der Waals surface area contributed by atoms with E-state index in [0.717, 1.165) is 6.42 Å². The molecule has 0 aliphatic carbocycles. The number of methoxy groups -OCH3 is 1. The van der Waals surface area contributed by atoms with Crippen molar-refractivity contribution in [2.75, 3.05) is 20.2 Å². The van der Waals surface area contributed by atoms with Crippen LogP contribution in [-0.4, -0.2) is 32.3 Å². The number of amides is 2. The molecule has 2 amide bonds. The second-order valence-corrected chi connectivity index (χ2v) is 2.68. The third-order valence-electron chi connectivity index (χ3n) is 1.49. The molecule has 4 heteroatoms. The van der Waals surface area contributed by atoms with Gasteiger partial charge in [-0.25, -0.2) is 4.79 Å². The largest absolute Gasteiger partial charge is 0.380 e. The first-order chi connectivity index (χ1) is 5.70. The molecule has 72 valence electrons. The van der Waals surface area contributed by atoms with Crippen LogP contribution in [-0.2, 0) is 4.74 Å². The first kappa shape index (κ1) is 11.2. The van der Waals surface area contributed by atoms with Gasteiger partial charge >= 0.3 is 6.03 Å². The smallest absolute Gasteiger partial charge is 0.314 e. The Bertz CT molecular complexity index is 128. The summed E-state index contributed by atoms with van der Waals surface area (Å²) in [6.07, 6.45) is 1.02. The number of ether oxygens (including phenoxy) is 1. The lowest BCUT2D eigenvalue weighted by Gasteiger charge is -2.10. The molecule has 0 rings (SSSR count). The van der Waals surface area contributed by atoms with Gasteiger partial charge in [0.2, 0.25) is 0 Å². The molecule has 0 aromatic rings. The van der Waals surface area contributed by atoms with Crippen molar-refractivity contribution in [3.05, 3.63) is 0 Å². The summed E-state index contributed by atoms with van der Waals surface area (Å²) in [5.74, 6) is 0. The highest BCUT2D eigenvalue weighted by molar-refractivity contribution is 5.73. The molecule has 12 heavy (non-hydrogen) atoms. The van der Waals surface area contributed by atoms with E-state index >= 15 is 0 Å². The van der Waals surface area contributed by atoms with Gasteiger partial charge in [0.25, 0.3) is 0 Å². The zero-order valence-corrected chi connectivity index (χ0v) is 8.02. The Labute approximate surface area is 73.7 Å². The van der Waals surface area contributed by atoms with Crippen LogP contribution >= 0.6 is 0 Å². The maximum atomic E-state index is 10.9. The molecule has 0 fully saturated rings. The van der Waals surface area contributed by atoms with E-state index in [2.05, 4.69) is 10.6 Å². The van der Waals surface area contributed by atoms with Crippen molar-refractivity contribution in [3.63, 3.8) is 0 Å². The fourth-order valence-electron chi connectivity index (χ4n) is 0.621. The predicted molar refractivity (Wildman–Crippen MR) is 48.2 cm³/mol. The molecule has 0 heterocycles. The maximum absolute atomic E-state index is 10.9. The molecule has 0 aliphatic heterocycles. The third-order valence-corrected chi connectivity index (χ3v) is 1.49. The van der Waals surface area contributed by atoms with Crippen molar-refractivity contribution < 1.29 is 9.53 Å². The van der Waals surface area contributed by atoms with E-state index in [4.69, 9.17) is 4.74 Å². The quantitative estimate of drug-likeness (QED) is 0.645. The van der Waals surface area contributed by atoms with E-state index < -0.39 is 0 Å². The molecule has 0 spiro atoms. The van der Waals surface area contributed by atoms with E-state index in [9.17, 15) is 4.79 Å². The number of hydrogen-bond acceptors (Lipinski definition) is 2. The summed E-state index contributed by atoms with van der Waals surface area (Å²) in [7, 11) is 1.62. The summed E-state index contributed by atoms with van der Waals surface area (Å²) < 4.78 is 4.96. The number of rotatable bonds is 5. The Hall–Kier alpha value is -0.770. The average Bonchev–Trinajstić information content (AvgIpc) is 2.10. The second-order valence-electron chi connectivity index (χ2n) is 2.68. The van der Waals surface area contributed by atoms with Gasteiger partial charge in [0.15, 0.2) is 0 Å². The normalized spacial score (nSPS) is 12.2. The molecule has 2 N–H and O–H groups in total. The highest BCUT2D eigenvalue weighted by Crippen LogP contribution is 1.83. The number of carbonyl (C=O) groups excluding carboxylic acids is 1. The molecule has 1 atom stereocenters. The van der Waals surface area contributed by atoms with Gasteiger partial charge in [0.1, 0.15) is 0 Å². The van der Waals surface area contributed by atoms with Crippen molar-refractivity contribution in [2.45, 2.75) is 26.4 Å². The minimum absolute atomic E-state index is 0.0670. The Morgan fingerprint density at radius 3 is 2.67 bits per heavy atom. The number of urea groups is 1. The zero-order chi connectivity index (χ0) is 9.40. The molecule has 0 aromatic heterocycles. The van der Waals surface area contributed by atoms with E-state index in [1.54, 1.807) is 7.11 Å². The summed E-state index contributed by atoms with van der Waals surface area (Å²) >= 11 is 0. The molecule has 0 bridgehead atoms. The molecule has 0 saturated carbocycles. The monoisotopic (exact) mass is 174 g/mol. The first-order valence-electron chi connectivity index (χ1n) is 4.25. The van der Waals surface area contributed by atoms with Gasteiger partial charge in [-0.3, -0.25) is 0 Å². The van der Waals surface area contributed by atoms with Gasteiger partial charge in [0.05, 0.1) is 6.10 Å². The Morgan fingerprint density at radius 2 is 2.17 bits per heavy atom. The van der Waals surface area contributed by atoms with Crippen LogP contribution in [0.3, 0.4) is 0 Å². The molecule has 0 saturated heterocycles. The van der Waals surface area contributed by atoms with Gasteiger partial charge in [-0.1, -0.05) is 6.92 Å². The van der Waals surface area contributed by atoms with Crippen molar-refractivity contribution in [2.24, 2.45) is 0 Å². The van der Waals surface area contributed by atoms with Crippen LogP contribution in [0.15, 0.2) is 0 Å². The topological polar surface area (TPSA) is 50.4 Å². The predicted octanol–water partition coefficient (Wildman–Crippen LogP) is 0.730. The van der Waals surface area contributed by atoms with E-state index in [-0.39, 0.29) is 12.1 Å². The van der Waals surface area contributed by atoms with E-state index in [1.807, 2.05) is 13.8 Å². The van der Waals surface area contributed by atoms with E-state index in [0.29, 0.717) is 13.1 Å². The Kier molecular flexibility index (Phi) is 6.47. The van der Waals surface area contributed by atoms with Crippen LogP contribution in [0.5, 0.6) is 0 Å². The van der Waals surface area contributed by atoms with Crippen molar-refractivity contribution in [1.82, 2.24) is 10.6 Å². The standard InChI is InChI=1S/C8H18N2O2/c1-4-5-9-8(11)10-6-7(2)12-3/h7H,4-6H2,1-3H3,(H2,9,10,11). The van der Waals surface area contributed by atoms with Crippen LogP contribution in [0.1, 0.15) is 20.3 Å². The summed E-state index contributed by atoms with van der Waals surface area (Å²) in [5.41, 5.74) is 0. The second kappa shape index (κ2) is 6.91. The Morgan fingerprint density at radius 1 is 1.50 bits per heavy atom. The number of nitrogens with one attached hydrogen (secondary N) is 2. The van der Waals surface area contributed by atoms with Gasteiger partial charge in [0, 0.05) is 20.2 Å². The van der Waals surface area contributed by atoms with Crippen molar-refractivity contribution in [1.29, 1.82) is 0 Å². The van der Waals surface area contributed by atoms with Crippen LogP contribution in [0.2, 0.25) is 0 Å². The fourth-order valence-corrected chi connectivity index (χ4v) is 0.621. The summed E-state index contributed by atoms with van der Waals surface area (Å²) in [6, 6.07) is -0.124. The average molecular weight is 174 g/mol. The van der Waals surface area contributed by atoms with Crippen LogP contribution < -0.4 is 10.6 Å². The molecule has 1 unspecified atom stereocenters. The van der Waals surface area contributed by atoms with Gasteiger partial charge in [-0.15, -0.1) is 0 Å². The maximum Gasteiger partial charge on any atom is 0.314 e. The SMILES string of the molecule is CCCNC(=O)NCC(C)OC. The third kappa shape index (κ3) is 5.97. The molecular weight excluding hydrogens is 156 g/mol. The first-order valence-corrected chi connectivity index (χ1v) is 4.25. The lowest BCUT2D eigenvalue weighted by molar-refractivity contribution is 0.118.